The third-order valence-electron chi connectivity index (χ3n) is 6.06. The fraction of sp³-hybridized carbons (Fsp3) is 0.348. The molecule has 0 spiro atoms. The van der Waals surface area contributed by atoms with Gasteiger partial charge in [0.15, 0.2) is 11.6 Å². The Morgan fingerprint density at radius 2 is 1.78 bits per heavy atom. The molecule has 5 N–H and O–H groups in total. The van der Waals surface area contributed by atoms with Gasteiger partial charge in [0.1, 0.15) is 11.3 Å². The van der Waals surface area contributed by atoms with E-state index in [4.69, 9.17) is 0 Å². The second kappa shape index (κ2) is 8.48. The number of aliphatic hydroxyl groups is 3. The number of anilines is 3. The van der Waals surface area contributed by atoms with Crippen LogP contribution in [0.25, 0.3) is 21.8 Å². The Kier molecular flexibility index (Phi) is 5.67. The molecule has 1 saturated heterocycles. The molecule has 0 aliphatic carbocycles. The fourth-order valence-corrected chi connectivity index (χ4v) is 4.71. The van der Waals surface area contributed by atoms with Crippen molar-refractivity contribution in [3.05, 3.63) is 42.1 Å². The van der Waals surface area contributed by atoms with Crippen molar-refractivity contribution in [2.45, 2.75) is 31.9 Å². The number of carbonyl (C=O) groups excluding carboxylic acids is 1. The first kappa shape index (κ1) is 24.1. The SMILES string of the molecule is CC1CN(c2cc(F)c3c(Nc4cc(F)c5nn(C)cc5c4)nn(C(=O)C(O)(O)O)c3c2)CC(C)N1. The van der Waals surface area contributed by atoms with E-state index in [9.17, 15) is 24.5 Å². The average molecular weight is 501 g/mol. The molecule has 1 fully saturated rings. The van der Waals surface area contributed by atoms with E-state index in [0.717, 1.165) is 6.07 Å². The molecule has 4 aromatic rings. The van der Waals surface area contributed by atoms with E-state index in [1.54, 1.807) is 19.3 Å². The van der Waals surface area contributed by atoms with Gasteiger partial charge in [0.25, 0.3) is 0 Å². The van der Waals surface area contributed by atoms with Crippen molar-refractivity contribution in [2.24, 2.45) is 7.05 Å². The molecule has 0 bridgehead atoms. The van der Waals surface area contributed by atoms with Crippen molar-refractivity contribution in [3.8, 4) is 0 Å². The van der Waals surface area contributed by atoms with Crippen molar-refractivity contribution in [1.82, 2.24) is 24.9 Å². The van der Waals surface area contributed by atoms with Gasteiger partial charge in [0.05, 0.1) is 10.9 Å². The van der Waals surface area contributed by atoms with Crippen LogP contribution in [0, 0.1) is 11.6 Å². The minimum absolute atomic E-state index is 0.110. The van der Waals surface area contributed by atoms with E-state index >= 15 is 4.39 Å². The fourth-order valence-electron chi connectivity index (χ4n) is 4.71. The van der Waals surface area contributed by atoms with E-state index in [2.05, 4.69) is 20.8 Å². The molecule has 2 atom stereocenters. The van der Waals surface area contributed by atoms with Gasteiger partial charge in [0.2, 0.25) is 0 Å². The van der Waals surface area contributed by atoms with Crippen LogP contribution in [0.3, 0.4) is 0 Å². The topological polar surface area (TPSA) is 141 Å². The van der Waals surface area contributed by atoms with Gasteiger partial charge in [-0.3, -0.25) is 9.48 Å². The highest BCUT2D eigenvalue weighted by atomic mass is 19.1. The van der Waals surface area contributed by atoms with Gasteiger partial charge in [-0.1, -0.05) is 0 Å². The third-order valence-corrected chi connectivity index (χ3v) is 6.06. The molecule has 36 heavy (non-hydrogen) atoms. The standard InChI is InChI=1S/C23H25F2N7O4/c1-11-8-31(9-12(2)26-11)15-6-16(24)19-18(7-15)32(22(33)23(34,35)36)29-21(19)27-14-4-13-10-30(3)28-20(13)17(25)5-14/h4-7,10-12,26,34-36H,8-9H2,1-3H3,(H,27,29). The summed E-state index contributed by atoms with van der Waals surface area (Å²) >= 11 is 0. The maximum atomic E-state index is 15.5. The monoisotopic (exact) mass is 501 g/mol. The summed E-state index contributed by atoms with van der Waals surface area (Å²) < 4.78 is 32.1. The Labute approximate surface area is 203 Å². The Morgan fingerprint density at radius 3 is 2.44 bits per heavy atom. The normalized spacial score (nSPS) is 18.8. The molecule has 3 heterocycles. The van der Waals surface area contributed by atoms with Crippen molar-refractivity contribution in [3.63, 3.8) is 0 Å². The third kappa shape index (κ3) is 4.26. The number of hydrogen-bond acceptors (Lipinski definition) is 9. The molecule has 0 amide bonds. The first-order valence-corrected chi connectivity index (χ1v) is 11.3. The summed E-state index contributed by atoms with van der Waals surface area (Å²) in [5, 5.41) is 43.1. The van der Waals surface area contributed by atoms with Crippen molar-refractivity contribution in [1.29, 1.82) is 0 Å². The highest BCUT2D eigenvalue weighted by Crippen LogP contribution is 2.34. The van der Waals surface area contributed by atoms with Crippen LogP contribution in [0.5, 0.6) is 0 Å². The predicted octanol–water partition coefficient (Wildman–Crippen LogP) is 1.40. The maximum absolute atomic E-state index is 15.5. The van der Waals surface area contributed by atoms with E-state index in [0.29, 0.717) is 28.8 Å². The lowest BCUT2D eigenvalue weighted by Gasteiger charge is -2.37. The molecule has 11 nitrogen and oxygen atoms in total. The van der Waals surface area contributed by atoms with Crippen LogP contribution in [-0.2, 0) is 7.05 Å². The zero-order valence-electron chi connectivity index (χ0n) is 19.7. The van der Waals surface area contributed by atoms with E-state index < -0.39 is 23.5 Å². The maximum Gasteiger partial charge on any atom is 0.362 e. The Bertz CT molecular complexity index is 1480. The summed E-state index contributed by atoms with van der Waals surface area (Å²) in [6.07, 6.45) is 1.60. The molecule has 2 aromatic heterocycles. The lowest BCUT2D eigenvalue weighted by molar-refractivity contribution is -0.271. The van der Waals surface area contributed by atoms with Crippen LogP contribution in [0.4, 0.5) is 26.0 Å². The Hall–Kier alpha value is -3.65. The number of hydrogen-bond donors (Lipinski definition) is 5. The zero-order valence-corrected chi connectivity index (χ0v) is 19.7. The number of aromatic nitrogens is 4. The Balaban J connectivity index is 1.64. The molecule has 1 aliphatic rings. The molecule has 2 aromatic carbocycles. The second-order valence-corrected chi connectivity index (χ2v) is 9.22. The van der Waals surface area contributed by atoms with Crippen LogP contribution < -0.4 is 15.5 Å². The lowest BCUT2D eigenvalue weighted by atomic mass is 10.1. The number of carbonyl (C=O) groups is 1. The lowest BCUT2D eigenvalue weighted by Crippen LogP contribution is -2.54. The summed E-state index contributed by atoms with van der Waals surface area (Å²) in [5.41, 5.74) is 0.682. The number of rotatable bonds is 4. The van der Waals surface area contributed by atoms with E-state index in [1.165, 1.54) is 16.8 Å². The average Bonchev–Trinajstić information content (AvgIpc) is 3.32. The number of piperazine rings is 1. The molecule has 2 unspecified atom stereocenters. The molecule has 0 radical (unpaired) electrons. The molecule has 5 rings (SSSR count). The number of nitrogens with zero attached hydrogens (tertiary/aromatic N) is 5. The summed E-state index contributed by atoms with van der Waals surface area (Å²) in [7, 11) is 1.64. The van der Waals surface area contributed by atoms with Crippen LogP contribution in [-0.4, -0.2) is 71.9 Å². The first-order valence-electron chi connectivity index (χ1n) is 11.3. The van der Waals surface area contributed by atoms with Crippen LogP contribution in [0.2, 0.25) is 0 Å². The summed E-state index contributed by atoms with van der Waals surface area (Å²) in [6, 6.07) is 5.73. The van der Waals surface area contributed by atoms with Gasteiger partial charge >= 0.3 is 11.9 Å². The first-order chi connectivity index (χ1) is 16.9. The highest BCUT2D eigenvalue weighted by Gasteiger charge is 2.35. The molecule has 0 saturated carbocycles. The molecule has 13 heteroatoms. The molecule has 1 aliphatic heterocycles. The number of aryl methyl sites for hydroxylation is 1. The minimum atomic E-state index is -3.75. The van der Waals surface area contributed by atoms with Gasteiger partial charge in [-0.05, 0) is 38.1 Å². The number of nitrogens with one attached hydrogen (secondary N) is 2. The number of halogens is 2. The van der Waals surface area contributed by atoms with Crippen molar-refractivity contribution >= 4 is 44.9 Å². The van der Waals surface area contributed by atoms with Gasteiger partial charge in [-0.2, -0.15) is 9.78 Å². The van der Waals surface area contributed by atoms with Crippen LogP contribution >= 0.6 is 0 Å². The van der Waals surface area contributed by atoms with E-state index in [-0.39, 0.29) is 40.0 Å². The summed E-state index contributed by atoms with van der Waals surface area (Å²) in [4.78, 5) is 14.5. The van der Waals surface area contributed by atoms with Crippen LogP contribution in [0.15, 0.2) is 30.5 Å². The van der Waals surface area contributed by atoms with Crippen molar-refractivity contribution < 1.29 is 28.9 Å². The summed E-state index contributed by atoms with van der Waals surface area (Å²) in [6.45, 7) is 5.11. The zero-order chi connectivity index (χ0) is 25.9. The van der Waals surface area contributed by atoms with Gasteiger partial charge < -0.3 is 30.9 Å². The van der Waals surface area contributed by atoms with Gasteiger partial charge in [0, 0.05) is 55.2 Å². The van der Waals surface area contributed by atoms with Gasteiger partial charge in [-0.25, -0.2) is 8.78 Å². The van der Waals surface area contributed by atoms with E-state index in [1.807, 2.05) is 18.7 Å². The second-order valence-electron chi connectivity index (χ2n) is 9.22. The Morgan fingerprint density at radius 1 is 1.08 bits per heavy atom. The quantitative estimate of drug-likeness (QED) is 0.263. The van der Waals surface area contributed by atoms with Crippen LogP contribution in [0.1, 0.15) is 18.6 Å². The summed E-state index contributed by atoms with van der Waals surface area (Å²) in [5.74, 6) is -6.91. The van der Waals surface area contributed by atoms with Crippen molar-refractivity contribution in [2.75, 3.05) is 23.3 Å². The minimum Gasteiger partial charge on any atom is -0.368 e. The molecule has 190 valence electrons. The number of benzene rings is 2. The largest absolute Gasteiger partial charge is 0.368 e. The number of fused-ring (bicyclic) bond motifs is 2. The smallest absolute Gasteiger partial charge is 0.362 e. The molecular formula is C23H25F2N7O4. The van der Waals surface area contributed by atoms with Gasteiger partial charge in [-0.15, -0.1) is 5.10 Å². The molecular weight excluding hydrogens is 476 g/mol. The predicted molar refractivity (Wildman–Crippen MR) is 128 cm³/mol. The highest BCUT2D eigenvalue weighted by molar-refractivity contribution is 6.01.